The third kappa shape index (κ3) is 3.59. The summed E-state index contributed by atoms with van der Waals surface area (Å²) in [7, 11) is 1.56. The maximum Gasteiger partial charge on any atom is 0.264 e. The molecule has 3 aliphatic heterocycles. The zero-order chi connectivity index (χ0) is 23.2. The lowest BCUT2D eigenvalue weighted by Gasteiger charge is -2.42. The molecule has 0 unspecified atom stereocenters. The SMILES string of the molecule is COc1nc(N[C@H]2CCN(C3COC3)C[C@H]2F)nn2ccc(-c3ccc4c(c3)=[N+](CCF)N=4)c12. The molecule has 6 rings (SSSR count). The van der Waals surface area contributed by atoms with Crippen LogP contribution in [-0.4, -0.2) is 84.4 Å². The molecule has 11 heteroatoms. The number of anilines is 1. The van der Waals surface area contributed by atoms with Crippen LogP contribution in [0.2, 0.25) is 0 Å². The highest BCUT2D eigenvalue weighted by Gasteiger charge is 2.35. The Balaban J connectivity index is 1.27. The summed E-state index contributed by atoms with van der Waals surface area (Å²) in [5.41, 5.74) is 2.52. The van der Waals surface area contributed by atoms with E-state index in [4.69, 9.17) is 9.47 Å². The number of halogens is 2. The van der Waals surface area contributed by atoms with Crippen LogP contribution in [0.1, 0.15) is 6.42 Å². The number of alkyl halides is 2. The van der Waals surface area contributed by atoms with Crippen molar-refractivity contribution in [3.05, 3.63) is 41.2 Å². The predicted molar refractivity (Wildman–Crippen MR) is 121 cm³/mol. The number of methoxy groups -OCH3 is 1. The van der Waals surface area contributed by atoms with Gasteiger partial charge in [-0.2, -0.15) is 4.98 Å². The van der Waals surface area contributed by atoms with Gasteiger partial charge >= 0.3 is 0 Å². The topological polar surface area (TPSA) is 79.3 Å². The summed E-state index contributed by atoms with van der Waals surface area (Å²) in [5.74, 6) is 0.717. The van der Waals surface area contributed by atoms with Gasteiger partial charge < -0.3 is 14.8 Å². The number of nitrogens with one attached hydrogen (secondary N) is 1. The minimum atomic E-state index is -1.03. The molecule has 0 spiro atoms. The lowest BCUT2D eigenvalue weighted by Crippen LogP contribution is -2.57. The average Bonchev–Trinajstić information content (AvgIpc) is 3.22. The van der Waals surface area contributed by atoms with Crippen molar-refractivity contribution in [2.75, 3.05) is 51.9 Å². The van der Waals surface area contributed by atoms with Crippen LogP contribution in [0.4, 0.5) is 14.7 Å². The Morgan fingerprint density at radius 2 is 2.18 bits per heavy atom. The van der Waals surface area contributed by atoms with Gasteiger partial charge in [-0.1, -0.05) is 10.8 Å². The number of piperidine rings is 1. The van der Waals surface area contributed by atoms with Gasteiger partial charge in [0, 0.05) is 36.0 Å². The molecule has 3 aliphatic rings. The summed E-state index contributed by atoms with van der Waals surface area (Å²) in [6.45, 7) is 2.33. The van der Waals surface area contributed by atoms with Gasteiger partial charge in [-0.15, -0.1) is 5.10 Å². The highest BCUT2D eigenvalue weighted by molar-refractivity contribution is 5.84. The molecule has 178 valence electrons. The number of hydrogen-bond donors (Lipinski definition) is 1. The molecule has 2 atom stereocenters. The minimum absolute atomic E-state index is 0.233. The van der Waals surface area contributed by atoms with Crippen molar-refractivity contribution in [1.82, 2.24) is 24.2 Å². The maximum atomic E-state index is 14.9. The molecule has 0 bridgehead atoms. The van der Waals surface area contributed by atoms with E-state index in [0.717, 1.165) is 28.4 Å². The molecule has 3 aromatic rings. The van der Waals surface area contributed by atoms with Crippen LogP contribution in [-0.2, 0) is 4.74 Å². The molecule has 1 N–H and O–H groups in total. The molecule has 9 nitrogen and oxygen atoms in total. The molecular formula is C23H26F2N7O2+. The molecule has 34 heavy (non-hydrogen) atoms. The standard InChI is InChI=1S/C23H26F2N7O2/c1-33-22-21-16(14-2-3-19-20(10-14)31(28-19)9-6-24)4-8-32(21)29-23(27-22)26-18-5-7-30(11-17(18)25)15-12-34-13-15/h2-4,8,10,15,17-18H,5-7,9,11-13H2,1H3,(H,26,27,29)/q+1/t17-,18+/m1/s1. The molecule has 0 radical (unpaired) electrons. The number of ether oxygens (including phenoxy) is 2. The fraction of sp³-hybridized carbons (Fsp3) is 0.478. The highest BCUT2D eigenvalue weighted by Crippen LogP contribution is 2.31. The molecule has 2 saturated heterocycles. The molecule has 0 aliphatic carbocycles. The number of rotatable bonds is 7. The average molecular weight is 471 g/mol. The first-order valence-corrected chi connectivity index (χ1v) is 11.5. The van der Waals surface area contributed by atoms with Crippen LogP contribution in [0, 0.1) is 0 Å². The largest absolute Gasteiger partial charge is 0.479 e. The predicted octanol–water partition coefficient (Wildman–Crippen LogP) is 0.637. The third-order valence-corrected chi connectivity index (χ3v) is 6.79. The van der Waals surface area contributed by atoms with Gasteiger partial charge in [0.1, 0.15) is 11.7 Å². The van der Waals surface area contributed by atoms with Crippen molar-refractivity contribution in [3.8, 4) is 17.0 Å². The first kappa shape index (κ1) is 21.4. The van der Waals surface area contributed by atoms with Crippen LogP contribution in [0.15, 0.2) is 35.6 Å². The first-order chi connectivity index (χ1) is 16.6. The fourth-order valence-electron chi connectivity index (χ4n) is 4.82. The van der Waals surface area contributed by atoms with E-state index in [1.165, 1.54) is 0 Å². The summed E-state index contributed by atoms with van der Waals surface area (Å²) >= 11 is 0. The van der Waals surface area contributed by atoms with Gasteiger partial charge in [-0.05, 0) is 24.1 Å². The summed E-state index contributed by atoms with van der Waals surface area (Å²) in [6.07, 6.45) is 1.46. The van der Waals surface area contributed by atoms with E-state index in [1.54, 1.807) is 16.3 Å². The number of fused-ring (bicyclic) bond motifs is 2. The van der Waals surface area contributed by atoms with E-state index in [-0.39, 0.29) is 12.6 Å². The Labute approximate surface area is 194 Å². The van der Waals surface area contributed by atoms with Crippen molar-refractivity contribution in [1.29, 1.82) is 0 Å². The van der Waals surface area contributed by atoms with Crippen LogP contribution < -0.4 is 25.5 Å². The van der Waals surface area contributed by atoms with E-state index >= 15 is 0 Å². The third-order valence-electron chi connectivity index (χ3n) is 6.79. The molecule has 5 heterocycles. The van der Waals surface area contributed by atoms with E-state index in [1.807, 2.05) is 30.5 Å². The quantitative estimate of drug-likeness (QED) is 0.511. The van der Waals surface area contributed by atoms with Crippen molar-refractivity contribution in [3.63, 3.8) is 0 Å². The lowest BCUT2D eigenvalue weighted by atomic mass is 10.0. The van der Waals surface area contributed by atoms with Gasteiger partial charge in [0.15, 0.2) is 6.67 Å². The van der Waals surface area contributed by atoms with Crippen molar-refractivity contribution in [2.24, 2.45) is 5.10 Å². The number of nitrogens with zero attached hydrogens (tertiary/aromatic N) is 6. The Kier molecular flexibility index (Phi) is 5.37. The Bertz CT molecular complexity index is 1360. The Hall–Kier alpha value is -3.18. The zero-order valence-electron chi connectivity index (χ0n) is 18.8. The second kappa shape index (κ2) is 8.55. The van der Waals surface area contributed by atoms with Crippen LogP contribution in [0.25, 0.3) is 16.6 Å². The van der Waals surface area contributed by atoms with E-state index in [0.29, 0.717) is 49.6 Å². The second-order valence-corrected chi connectivity index (χ2v) is 8.82. The van der Waals surface area contributed by atoms with Gasteiger partial charge in [0.05, 0.1) is 32.4 Å². The number of benzene rings is 1. The summed E-state index contributed by atoms with van der Waals surface area (Å²) in [4.78, 5) is 6.70. The fourth-order valence-corrected chi connectivity index (χ4v) is 4.82. The molecule has 0 amide bonds. The number of likely N-dealkylation sites (tertiary alicyclic amines) is 1. The molecular weight excluding hydrogens is 444 g/mol. The van der Waals surface area contributed by atoms with E-state index in [9.17, 15) is 8.78 Å². The molecule has 2 fully saturated rings. The Morgan fingerprint density at radius 1 is 1.29 bits per heavy atom. The number of hydrogen-bond acceptors (Lipinski definition) is 7. The monoisotopic (exact) mass is 470 g/mol. The number of aromatic nitrogens is 3. The maximum absolute atomic E-state index is 14.9. The van der Waals surface area contributed by atoms with Crippen LogP contribution in [0.3, 0.4) is 0 Å². The van der Waals surface area contributed by atoms with E-state index < -0.39 is 12.8 Å². The smallest absolute Gasteiger partial charge is 0.264 e. The molecule has 1 aromatic carbocycles. The molecule has 2 aromatic heterocycles. The van der Waals surface area contributed by atoms with Crippen molar-refractivity contribution < 1.29 is 18.3 Å². The van der Waals surface area contributed by atoms with Gasteiger partial charge in [0.2, 0.25) is 23.7 Å². The highest BCUT2D eigenvalue weighted by atomic mass is 19.1. The zero-order valence-corrected chi connectivity index (χ0v) is 18.8. The van der Waals surface area contributed by atoms with Gasteiger partial charge in [0.25, 0.3) is 5.36 Å². The minimum Gasteiger partial charge on any atom is -0.479 e. The molecule has 0 saturated carbocycles. The lowest BCUT2D eigenvalue weighted by molar-refractivity contribution is -0.0794. The van der Waals surface area contributed by atoms with Gasteiger partial charge in [-0.25, -0.2) is 13.3 Å². The summed E-state index contributed by atoms with van der Waals surface area (Å²) in [6, 6.07) is 7.75. The van der Waals surface area contributed by atoms with Crippen molar-refractivity contribution >= 4 is 11.5 Å². The Morgan fingerprint density at radius 3 is 2.91 bits per heavy atom. The first-order valence-electron chi connectivity index (χ1n) is 11.5. The van der Waals surface area contributed by atoms with Gasteiger partial charge in [-0.3, -0.25) is 4.90 Å². The summed E-state index contributed by atoms with van der Waals surface area (Å²) < 4.78 is 41.9. The van der Waals surface area contributed by atoms with Crippen LogP contribution in [0.5, 0.6) is 5.88 Å². The normalized spacial score (nSPS) is 22.6. The van der Waals surface area contributed by atoms with E-state index in [2.05, 4.69) is 25.4 Å². The van der Waals surface area contributed by atoms with Crippen molar-refractivity contribution in [2.45, 2.75) is 24.7 Å². The van der Waals surface area contributed by atoms with Crippen LogP contribution >= 0.6 is 0 Å². The second-order valence-electron chi connectivity index (χ2n) is 8.82. The summed E-state index contributed by atoms with van der Waals surface area (Å²) in [5, 5.41) is 13.8.